The summed E-state index contributed by atoms with van der Waals surface area (Å²) in [7, 11) is 0. The molecule has 1 unspecified atom stereocenters. The van der Waals surface area contributed by atoms with Gasteiger partial charge in [0.05, 0.1) is 6.04 Å². The van der Waals surface area contributed by atoms with Crippen LogP contribution >= 0.6 is 11.6 Å². The van der Waals surface area contributed by atoms with Crippen LogP contribution in [0.3, 0.4) is 0 Å². The molecule has 0 bridgehead atoms. The van der Waals surface area contributed by atoms with Crippen molar-refractivity contribution in [2.45, 2.75) is 13.0 Å². The summed E-state index contributed by atoms with van der Waals surface area (Å²) in [4.78, 5) is 10.9. The van der Waals surface area contributed by atoms with Crippen LogP contribution in [0.25, 0.3) is 0 Å². The zero-order chi connectivity index (χ0) is 9.14. The van der Waals surface area contributed by atoms with E-state index in [-0.39, 0.29) is 5.78 Å². The summed E-state index contributed by atoms with van der Waals surface area (Å²) in [5.41, 5.74) is 6.29. The molecule has 0 fully saturated rings. The lowest BCUT2D eigenvalue weighted by atomic mass is 10.1. The summed E-state index contributed by atoms with van der Waals surface area (Å²) in [6.07, 6.45) is 0. The van der Waals surface area contributed by atoms with Crippen LogP contribution in [-0.2, 0) is 4.79 Å². The zero-order valence-corrected chi connectivity index (χ0v) is 7.51. The first-order chi connectivity index (χ1) is 5.63. The molecule has 0 spiro atoms. The predicted octanol–water partition coefficient (Wildman–Crippen LogP) is 1.93. The molecule has 0 aliphatic heterocycles. The molecule has 0 aliphatic rings. The fourth-order valence-electron chi connectivity index (χ4n) is 0.946. The molecule has 1 aromatic rings. The normalized spacial score (nSPS) is 12.6. The van der Waals surface area contributed by atoms with Crippen molar-refractivity contribution in [2.75, 3.05) is 0 Å². The van der Waals surface area contributed by atoms with E-state index in [4.69, 9.17) is 17.3 Å². The molecule has 12 heavy (non-hydrogen) atoms. The molecule has 64 valence electrons. The van der Waals surface area contributed by atoms with E-state index in [1.807, 2.05) is 6.07 Å². The monoisotopic (exact) mass is 183 g/mol. The van der Waals surface area contributed by atoms with Gasteiger partial charge in [-0.3, -0.25) is 4.79 Å². The fourth-order valence-corrected chi connectivity index (χ4v) is 1.20. The van der Waals surface area contributed by atoms with Crippen LogP contribution in [0.15, 0.2) is 24.3 Å². The number of nitrogens with two attached hydrogens (primary N) is 1. The molecule has 0 heterocycles. The number of hydrogen-bond acceptors (Lipinski definition) is 2. The standard InChI is InChI=1S/C9H10ClNO/c1-6(12)9(11)7-4-2-3-5-8(7)10/h2-5,9H,11H2,1H3. The lowest BCUT2D eigenvalue weighted by Crippen LogP contribution is -2.18. The van der Waals surface area contributed by atoms with E-state index in [0.717, 1.165) is 0 Å². The number of carbonyl (C=O) groups excluding carboxylic acids is 1. The third kappa shape index (κ3) is 1.84. The second kappa shape index (κ2) is 3.70. The number of Topliss-reactive ketones (excluding diaryl/α,β-unsaturated/α-hetero) is 1. The third-order valence-electron chi connectivity index (χ3n) is 1.68. The van der Waals surface area contributed by atoms with Crippen molar-refractivity contribution in [1.82, 2.24) is 0 Å². The first-order valence-electron chi connectivity index (χ1n) is 3.63. The molecule has 1 atom stereocenters. The van der Waals surface area contributed by atoms with Gasteiger partial charge in [0.25, 0.3) is 0 Å². The largest absolute Gasteiger partial charge is 0.318 e. The molecule has 0 saturated carbocycles. The number of hydrogen-bond donors (Lipinski definition) is 1. The molecule has 1 aromatic carbocycles. The summed E-state index contributed by atoms with van der Waals surface area (Å²) < 4.78 is 0. The van der Waals surface area contributed by atoms with Gasteiger partial charge in [-0.05, 0) is 18.6 Å². The van der Waals surface area contributed by atoms with E-state index >= 15 is 0 Å². The second-order valence-corrected chi connectivity index (χ2v) is 3.02. The molecular formula is C9H10ClNO. The van der Waals surface area contributed by atoms with Gasteiger partial charge in [-0.2, -0.15) is 0 Å². The molecule has 2 nitrogen and oxygen atoms in total. The highest BCUT2D eigenvalue weighted by molar-refractivity contribution is 6.31. The number of halogens is 1. The molecule has 0 aliphatic carbocycles. The van der Waals surface area contributed by atoms with E-state index in [9.17, 15) is 4.79 Å². The molecule has 0 radical (unpaired) electrons. The third-order valence-corrected chi connectivity index (χ3v) is 2.02. The Bertz CT molecular complexity index is 298. The summed E-state index contributed by atoms with van der Waals surface area (Å²) in [6.45, 7) is 1.45. The maximum absolute atomic E-state index is 10.9. The van der Waals surface area contributed by atoms with Gasteiger partial charge in [-0.1, -0.05) is 29.8 Å². The zero-order valence-electron chi connectivity index (χ0n) is 6.75. The van der Waals surface area contributed by atoms with Crippen molar-refractivity contribution in [3.63, 3.8) is 0 Å². The number of carbonyl (C=O) groups is 1. The first kappa shape index (κ1) is 9.23. The highest BCUT2D eigenvalue weighted by Gasteiger charge is 2.12. The maximum atomic E-state index is 10.9. The van der Waals surface area contributed by atoms with E-state index < -0.39 is 6.04 Å². The van der Waals surface area contributed by atoms with Crippen molar-refractivity contribution in [3.8, 4) is 0 Å². The quantitative estimate of drug-likeness (QED) is 0.762. The summed E-state index contributed by atoms with van der Waals surface area (Å²) in [5, 5.41) is 0.542. The van der Waals surface area contributed by atoms with Gasteiger partial charge >= 0.3 is 0 Å². The van der Waals surface area contributed by atoms with Gasteiger partial charge in [0, 0.05) is 5.02 Å². The molecule has 2 N–H and O–H groups in total. The Morgan fingerprint density at radius 1 is 1.50 bits per heavy atom. The van der Waals surface area contributed by atoms with E-state index in [2.05, 4.69) is 0 Å². The van der Waals surface area contributed by atoms with E-state index in [0.29, 0.717) is 10.6 Å². The second-order valence-electron chi connectivity index (χ2n) is 2.61. The average Bonchev–Trinajstić information content (AvgIpc) is 2.04. The average molecular weight is 184 g/mol. The van der Waals surface area contributed by atoms with Crippen molar-refractivity contribution >= 4 is 17.4 Å². The van der Waals surface area contributed by atoms with Crippen molar-refractivity contribution in [3.05, 3.63) is 34.9 Å². The smallest absolute Gasteiger partial charge is 0.151 e. The number of ketones is 1. The minimum absolute atomic E-state index is 0.0805. The Balaban J connectivity index is 3.02. The lowest BCUT2D eigenvalue weighted by Gasteiger charge is -2.08. The molecule has 1 rings (SSSR count). The van der Waals surface area contributed by atoms with Gasteiger partial charge < -0.3 is 5.73 Å². The lowest BCUT2D eigenvalue weighted by molar-refractivity contribution is -0.118. The van der Waals surface area contributed by atoms with Crippen LogP contribution in [0.1, 0.15) is 18.5 Å². The van der Waals surface area contributed by atoms with Crippen LogP contribution < -0.4 is 5.73 Å². The molecule has 0 saturated heterocycles. The Labute approximate surface area is 76.3 Å². The van der Waals surface area contributed by atoms with Crippen molar-refractivity contribution < 1.29 is 4.79 Å². The van der Waals surface area contributed by atoms with Gasteiger partial charge in [0.1, 0.15) is 0 Å². The number of rotatable bonds is 2. The molecule has 3 heteroatoms. The Kier molecular flexibility index (Phi) is 2.84. The Hall–Kier alpha value is -0.860. The topological polar surface area (TPSA) is 43.1 Å². The SMILES string of the molecule is CC(=O)C(N)c1ccccc1Cl. The summed E-state index contributed by atoms with van der Waals surface area (Å²) in [6, 6.07) is 6.50. The van der Waals surface area contributed by atoms with Crippen molar-refractivity contribution in [1.29, 1.82) is 0 Å². The van der Waals surface area contributed by atoms with Gasteiger partial charge in [0.2, 0.25) is 0 Å². The minimum atomic E-state index is -0.598. The van der Waals surface area contributed by atoms with Crippen LogP contribution in [0, 0.1) is 0 Å². The predicted molar refractivity (Wildman–Crippen MR) is 49.1 cm³/mol. The summed E-state index contributed by atoms with van der Waals surface area (Å²) in [5.74, 6) is -0.0805. The maximum Gasteiger partial charge on any atom is 0.151 e. The Morgan fingerprint density at radius 2 is 2.08 bits per heavy atom. The van der Waals surface area contributed by atoms with E-state index in [1.165, 1.54) is 6.92 Å². The van der Waals surface area contributed by atoms with Crippen LogP contribution in [0.5, 0.6) is 0 Å². The first-order valence-corrected chi connectivity index (χ1v) is 4.01. The van der Waals surface area contributed by atoms with Crippen molar-refractivity contribution in [2.24, 2.45) is 5.73 Å². The molecule has 0 amide bonds. The fraction of sp³-hybridized carbons (Fsp3) is 0.222. The van der Waals surface area contributed by atoms with Crippen LogP contribution in [0.4, 0.5) is 0 Å². The highest BCUT2D eigenvalue weighted by Crippen LogP contribution is 2.21. The minimum Gasteiger partial charge on any atom is -0.318 e. The van der Waals surface area contributed by atoms with Gasteiger partial charge in [-0.25, -0.2) is 0 Å². The van der Waals surface area contributed by atoms with E-state index in [1.54, 1.807) is 18.2 Å². The highest BCUT2D eigenvalue weighted by atomic mass is 35.5. The molecule has 0 aromatic heterocycles. The van der Waals surface area contributed by atoms with Crippen LogP contribution in [0.2, 0.25) is 5.02 Å². The number of benzene rings is 1. The van der Waals surface area contributed by atoms with Gasteiger partial charge in [0.15, 0.2) is 5.78 Å². The van der Waals surface area contributed by atoms with Gasteiger partial charge in [-0.15, -0.1) is 0 Å². The molecular weight excluding hydrogens is 174 g/mol. The Morgan fingerprint density at radius 3 is 2.58 bits per heavy atom. The van der Waals surface area contributed by atoms with Crippen LogP contribution in [-0.4, -0.2) is 5.78 Å². The summed E-state index contributed by atoms with van der Waals surface area (Å²) >= 11 is 5.83.